The Bertz CT molecular complexity index is 962. The van der Waals surface area contributed by atoms with E-state index in [9.17, 15) is 4.79 Å². The largest absolute Gasteiger partial charge is 0.375 e. The van der Waals surface area contributed by atoms with Crippen molar-refractivity contribution in [1.82, 2.24) is 14.9 Å². The number of nitrogens with one attached hydrogen (secondary N) is 1. The molecule has 2 aliphatic rings. The van der Waals surface area contributed by atoms with Crippen LogP contribution in [0.3, 0.4) is 0 Å². The first-order valence-electron chi connectivity index (χ1n) is 10.2. The number of nitrogens with zero attached hydrogens (tertiary/aromatic N) is 2. The highest BCUT2D eigenvalue weighted by Crippen LogP contribution is 2.42. The number of hydrogen-bond acceptors (Lipinski definition) is 4. The molecule has 0 unspecified atom stereocenters. The number of ether oxygens (including phenoxy) is 2. The van der Waals surface area contributed by atoms with Crippen LogP contribution in [0.1, 0.15) is 29.0 Å². The summed E-state index contributed by atoms with van der Waals surface area (Å²) in [6.07, 6.45) is 3.76. The Hall–Kier alpha value is -2.70. The van der Waals surface area contributed by atoms with E-state index < -0.39 is 0 Å². The number of fused-ring (bicyclic) bond motifs is 1. The van der Waals surface area contributed by atoms with Crippen LogP contribution in [-0.2, 0) is 16.1 Å². The number of carbonyl (C=O) groups is 1. The number of benzene rings is 1. The van der Waals surface area contributed by atoms with Crippen molar-refractivity contribution < 1.29 is 14.3 Å². The number of amides is 1. The van der Waals surface area contributed by atoms with Crippen molar-refractivity contribution in [2.45, 2.75) is 25.0 Å². The van der Waals surface area contributed by atoms with Gasteiger partial charge in [-0.1, -0.05) is 24.3 Å². The third-order valence-electron chi connectivity index (χ3n) is 6.15. The van der Waals surface area contributed by atoms with E-state index in [0.29, 0.717) is 37.9 Å². The highest BCUT2D eigenvalue weighted by atomic mass is 16.5. The van der Waals surface area contributed by atoms with Crippen molar-refractivity contribution in [3.8, 4) is 0 Å². The molecule has 2 aromatic heterocycles. The fraction of sp³-hybridized carbons (Fsp3) is 0.391. The molecule has 4 heterocycles. The van der Waals surface area contributed by atoms with Gasteiger partial charge in [0.15, 0.2) is 0 Å². The lowest BCUT2D eigenvalue weighted by atomic mass is 9.79. The van der Waals surface area contributed by atoms with Crippen molar-refractivity contribution in [3.63, 3.8) is 0 Å². The first-order chi connectivity index (χ1) is 14.2. The molecule has 1 N–H and O–H groups in total. The second-order valence-corrected chi connectivity index (χ2v) is 7.99. The fourth-order valence-electron chi connectivity index (χ4n) is 4.53. The summed E-state index contributed by atoms with van der Waals surface area (Å²) in [7, 11) is 0. The van der Waals surface area contributed by atoms with E-state index in [4.69, 9.17) is 9.47 Å². The van der Waals surface area contributed by atoms with Gasteiger partial charge < -0.3 is 19.4 Å². The van der Waals surface area contributed by atoms with Crippen LogP contribution >= 0.6 is 0 Å². The zero-order valence-corrected chi connectivity index (χ0v) is 16.3. The number of aromatic nitrogens is 2. The van der Waals surface area contributed by atoms with E-state index in [1.54, 1.807) is 6.20 Å². The predicted molar refractivity (Wildman–Crippen MR) is 110 cm³/mol. The second-order valence-electron chi connectivity index (χ2n) is 7.99. The van der Waals surface area contributed by atoms with E-state index >= 15 is 0 Å². The number of likely N-dealkylation sites (tertiary alicyclic amines) is 1. The molecule has 0 saturated carbocycles. The van der Waals surface area contributed by atoms with Crippen LogP contribution in [0.15, 0.2) is 54.7 Å². The molecular formula is C23H25N3O3. The molecule has 150 valence electrons. The maximum Gasteiger partial charge on any atom is 0.270 e. The lowest BCUT2D eigenvalue weighted by Gasteiger charge is -2.50. The summed E-state index contributed by atoms with van der Waals surface area (Å²) < 4.78 is 11.9. The van der Waals surface area contributed by atoms with Crippen molar-refractivity contribution in [3.05, 3.63) is 66.1 Å². The second kappa shape index (κ2) is 7.61. The van der Waals surface area contributed by atoms with Gasteiger partial charge in [0, 0.05) is 30.3 Å². The molecule has 2 saturated heterocycles. The van der Waals surface area contributed by atoms with Crippen LogP contribution < -0.4 is 0 Å². The van der Waals surface area contributed by atoms with Gasteiger partial charge in [-0.3, -0.25) is 9.78 Å². The number of pyridine rings is 1. The van der Waals surface area contributed by atoms with Crippen LogP contribution in [0.5, 0.6) is 0 Å². The molecule has 0 radical (unpaired) electrons. The molecule has 29 heavy (non-hydrogen) atoms. The van der Waals surface area contributed by atoms with Crippen LogP contribution in [0.2, 0.25) is 0 Å². The Kier molecular flexibility index (Phi) is 4.81. The maximum absolute atomic E-state index is 12.9. The van der Waals surface area contributed by atoms with Gasteiger partial charge in [0.1, 0.15) is 11.3 Å². The molecule has 6 nitrogen and oxygen atoms in total. The van der Waals surface area contributed by atoms with Crippen LogP contribution in [0, 0.1) is 5.92 Å². The average Bonchev–Trinajstić information content (AvgIpc) is 3.34. The molecule has 0 bridgehead atoms. The van der Waals surface area contributed by atoms with Gasteiger partial charge in [0.05, 0.1) is 25.4 Å². The maximum atomic E-state index is 12.9. The van der Waals surface area contributed by atoms with Crippen molar-refractivity contribution in [2.24, 2.45) is 5.92 Å². The number of H-pyrrole nitrogens is 1. The Morgan fingerprint density at radius 2 is 2.10 bits per heavy atom. The van der Waals surface area contributed by atoms with Crippen LogP contribution in [-0.4, -0.2) is 52.7 Å². The third kappa shape index (κ3) is 3.54. The summed E-state index contributed by atoms with van der Waals surface area (Å²) in [5, 5.41) is 1.06. The van der Waals surface area contributed by atoms with E-state index in [1.807, 2.05) is 53.4 Å². The summed E-state index contributed by atoms with van der Waals surface area (Å²) in [5.41, 5.74) is 2.39. The Morgan fingerprint density at radius 3 is 2.93 bits per heavy atom. The summed E-state index contributed by atoms with van der Waals surface area (Å²) in [6.45, 7) is 3.30. The Balaban J connectivity index is 1.15. The molecule has 1 aromatic carbocycles. The molecule has 2 aliphatic heterocycles. The normalized spacial score (nSPS) is 20.3. The van der Waals surface area contributed by atoms with Gasteiger partial charge in [-0.15, -0.1) is 0 Å². The monoisotopic (exact) mass is 391 g/mol. The third-order valence-corrected chi connectivity index (χ3v) is 6.15. The SMILES string of the molecule is O=C(c1cc2ccccc2[nH]1)N1CC2(C1)OCC[C@H]2CCOCc1ccccn1. The van der Waals surface area contributed by atoms with Crippen LogP contribution in [0.25, 0.3) is 10.9 Å². The van der Waals surface area contributed by atoms with Gasteiger partial charge in [-0.05, 0) is 43.0 Å². The molecule has 2 fully saturated rings. The first kappa shape index (κ1) is 18.3. The lowest BCUT2D eigenvalue weighted by molar-refractivity contribution is -0.120. The van der Waals surface area contributed by atoms with Gasteiger partial charge in [0.2, 0.25) is 0 Å². The summed E-state index contributed by atoms with van der Waals surface area (Å²) in [5.74, 6) is 0.477. The first-order valence-corrected chi connectivity index (χ1v) is 10.2. The van der Waals surface area contributed by atoms with Gasteiger partial charge in [-0.25, -0.2) is 0 Å². The minimum atomic E-state index is -0.198. The molecule has 1 spiro atoms. The quantitative estimate of drug-likeness (QED) is 0.654. The number of rotatable bonds is 6. The number of carbonyl (C=O) groups excluding carboxylic acids is 1. The van der Waals surface area contributed by atoms with Gasteiger partial charge in [-0.2, -0.15) is 0 Å². The highest BCUT2D eigenvalue weighted by molar-refractivity contribution is 5.98. The number of hydrogen-bond donors (Lipinski definition) is 1. The molecule has 3 aromatic rings. The topological polar surface area (TPSA) is 67.5 Å². The summed E-state index contributed by atoms with van der Waals surface area (Å²) >= 11 is 0. The van der Waals surface area contributed by atoms with Crippen molar-refractivity contribution >= 4 is 16.8 Å². The van der Waals surface area contributed by atoms with Crippen molar-refractivity contribution in [2.75, 3.05) is 26.3 Å². The predicted octanol–water partition coefficient (Wildman–Crippen LogP) is 3.40. The van der Waals surface area contributed by atoms with Gasteiger partial charge in [0.25, 0.3) is 5.91 Å². The minimum absolute atomic E-state index is 0.0486. The van der Waals surface area contributed by atoms with Crippen molar-refractivity contribution in [1.29, 1.82) is 0 Å². The summed E-state index contributed by atoms with van der Waals surface area (Å²) in [4.78, 5) is 22.3. The fourth-order valence-corrected chi connectivity index (χ4v) is 4.53. The standard InChI is InChI=1S/C23H25N3O3/c27-22(21-13-17-5-1-2-7-20(17)25-21)26-15-23(16-26)18(9-12-29-23)8-11-28-14-19-6-3-4-10-24-19/h1-7,10,13,18,25H,8-9,11-12,14-16H2/t18-/m1/s1. The molecule has 0 aliphatic carbocycles. The number of para-hydroxylation sites is 1. The smallest absolute Gasteiger partial charge is 0.270 e. The molecule has 1 amide bonds. The zero-order chi connectivity index (χ0) is 19.7. The summed E-state index contributed by atoms with van der Waals surface area (Å²) in [6, 6.07) is 15.7. The van der Waals surface area contributed by atoms with E-state index in [-0.39, 0.29) is 11.5 Å². The van der Waals surface area contributed by atoms with Gasteiger partial charge >= 0.3 is 0 Å². The zero-order valence-electron chi connectivity index (χ0n) is 16.3. The van der Waals surface area contributed by atoms with Crippen LogP contribution in [0.4, 0.5) is 0 Å². The molecule has 1 atom stereocenters. The molecular weight excluding hydrogens is 366 g/mol. The number of aromatic amines is 1. The molecule has 6 heteroatoms. The highest BCUT2D eigenvalue weighted by Gasteiger charge is 2.54. The van der Waals surface area contributed by atoms with E-state index in [0.717, 1.165) is 36.0 Å². The lowest BCUT2D eigenvalue weighted by Crippen LogP contribution is -2.66. The molecule has 5 rings (SSSR count). The van der Waals surface area contributed by atoms with E-state index in [2.05, 4.69) is 9.97 Å². The van der Waals surface area contributed by atoms with E-state index in [1.165, 1.54) is 0 Å². The Morgan fingerprint density at radius 1 is 1.24 bits per heavy atom. The average molecular weight is 391 g/mol. The Labute approximate surface area is 169 Å². The minimum Gasteiger partial charge on any atom is -0.375 e.